The Kier molecular flexibility index (Phi) is 5.64. The zero-order valence-electron chi connectivity index (χ0n) is 12.3. The summed E-state index contributed by atoms with van der Waals surface area (Å²) in [7, 11) is 0. The van der Waals surface area contributed by atoms with E-state index in [0.29, 0.717) is 0 Å². The average molecular weight is 312 g/mol. The fraction of sp³-hybridized carbons (Fsp3) is 0.533. The maximum absolute atomic E-state index is 6.40. The van der Waals surface area contributed by atoms with Gasteiger partial charge < -0.3 is 5.32 Å². The summed E-state index contributed by atoms with van der Waals surface area (Å²) in [4.78, 5) is 1.36. The molecule has 0 aromatic carbocycles. The lowest BCUT2D eigenvalue weighted by Gasteiger charge is -2.20. The molecule has 3 nitrogen and oxygen atoms in total. The van der Waals surface area contributed by atoms with Crippen molar-refractivity contribution in [3.8, 4) is 0 Å². The van der Waals surface area contributed by atoms with Gasteiger partial charge in [-0.25, -0.2) is 0 Å². The first-order chi connectivity index (χ1) is 9.72. The third kappa shape index (κ3) is 3.08. The van der Waals surface area contributed by atoms with Crippen LogP contribution in [0.1, 0.15) is 49.4 Å². The molecule has 2 rings (SSSR count). The van der Waals surface area contributed by atoms with Crippen LogP contribution in [0.15, 0.2) is 17.6 Å². The maximum Gasteiger partial charge on any atom is 0.0859 e. The van der Waals surface area contributed by atoms with Crippen molar-refractivity contribution in [1.29, 1.82) is 0 Å². The third-order valence-electron chi connectivity index (χ3n) is 3.37. The highest BCUT2D eigenvalue weighted by atomic mass is 35.5. The van der Waals surface area contributed by atoms with Gasteiger partial charge in [-0.1, -0.05) is 32.4 Å². The van der Waals surface area contributed by atoms with Gasteiger partial charge in [-0.15, -0.1) is 11.3 Å². The fourth-order valence-electron chi connectivity index (χ4n) is 2.46. The SMILES string of the molecule is CCCn1ncc(Cl)c1C(NCC)c1sccc1CC. The minimum absolute atomic E-state index is 0.136. The number of thiophene rings is 1. The molecule has 20 heavy (non-hydrogen) atoms. The van der Waals surface area contributed by atoms with Gasteiger partial charge >= 0.3 is 0 Å². The molecule has 0 amide bonds. The quantitative estimate of drug-likeness (QED) is 0.827. The van der Waals surface area contributed by atoms with Gasteiger partial charge in [0, 0.05) is 11.4 Å². The van der Waals surface area contributed by atoms with Crippen LogP contribution in [0.5, 0.6) is 0 Å². The lowest BCUT2D eigenvalue weighted by Crippen LogP contribution is -2.25. The van der Waals surface area contributed by atoms with Gasteiger partial charge in [-0.05, 0) is 36.4 Å². The van der Waals surface area contributed by atoms with Gasteiger partial charge in [0.15, 0.2) is 0 Å². The summed E-state index contributed by atoms with van der Waals surface area (Å²) in [6.45, 7) is 8.28. The van der Waals surface area contributed by atoms with Crippen molar-refractivity contribution in [3.63, 3.8) is 0 Å². The number of nitrogens with one attached hydrogen (secondary N) is 1. The molecule has 0 aliphatic heterocycles. The summed E-state index contributed by atoms with van der Waals surface area (Å²) >= 11 is 8.20. The molecule has 0 saturated carbocycles. The van der Waals surface area contributed by atoms with E-state index in [2.05, 4.69) is 42.6 Å². The number of hydrogen-bond acceptors (Lipinski definition) is 3. The van der Waals surface area contributed by atoms with E-state index in [0.717, 1.165) is 36.6 Å². The zero-order valence-corrected chi connectivity index (χ0v) is 13.9. The van der Waals surface area contributed by atoms with Crippen molar-refractivity contribution >= 4 is 22.9 Å². The Morgan fingerprint density at radius 3 is 2.85 bits per heavy atom. The Morgan fingerprint density at radius 1 is 1.40 bits per heavy atom. The molecule has 2 heterocycles. The van der Waals surface area contributed by atoms with Crippen LogP contribution in [0.3, 0.4) is 0 Å². The first-order valence-electron chi connectivity index (χ1n) is 7.23. The van der Waals surface area contributed by atoms with Crippen LogP contribution in [0.2, 0.25) is 5.02 Å². The van der Waals surface area contributed by atoms with Gasteiger partial charge in [-0.3, -0.25) is 4.68 Å². The Bertz CT molecular complexity index is 547. The predicted molar refractivity (Wildman–Crippen MR) is 86.7 cm³/mol. The average Bonchev–Trinajstić information content (AvgIpc) is 3.04. The Morgan fingerprint density at radius 2 is 2.20 bits per heavy atom. The highest BCUT2D eigenvalue weighted by Gasteiger charge is 2.24. The summed E-state index contributed by atoms with van der Waals surface area (Å²) in [5.41, 5.74) is 2.48. The van der Waals surface area contributed by atoms with Crippen molar-refractivity contribution in [1.82, 2.24) is 15.1 Å². The number of aryl methyl sites for hydroxylation is 2. The van der Waals surface area contributed by atoms with Crippen LogP contribution in [-0.2, 0) is 13.0 Å². The molecule has 2 aromatic rings. The monoisotopic (exact) mass is 311 g/mol. The highest BCUT2D eigenvalue weighted by Crippen LogP contribution is 2.33. The van der Waals surface area contributed by atoms with E-state index in [4.69, 9.17) is 11.6 Å². The van der Waals surface area contributed by atoms with E-state index < -0.39 is 0 Å². The maximum atomic E-state index is 6.40. The van der Waals surface area contributed by atoms with Crippen molar-refractivity contribution < 1.29 is 0 Å². The summed E-state index contributed by atoms with van der Waals surface area (Å²) in [6.07, 6.45) is 3.85. The molecule has 5 heteroatoms. The topological polar surface area (TPSA) is 29.9 Å². The van der Waals surface area contributed by atoms with Crippen molar-refractivity contribution in [3.05, 3.63) is 38.8 Å². The van der Waals surface area contributed by atoms with Crippen LogP contribution in [0, 0.1) is 0 Å². The highest BCUT2D eigenvalue weighted by molar-refractivity contribution is 7.10. The Balaban J connectivity index is 2.45. The van der Waals surface area contributed by atoms with E-state index in [1.165, 1.54) is 10.4 Å². The molecule has 110 valence electrons. The second-order valence-corrected chi connectivity index (χ2v) is 6.11. The number of hydrogen-bond donors (Lipinski definition) is 1. The molecule has 0 saturated heterocycles. The lowest BCUT2D eigenvalue weighted by atomic mass is 10.1. The molecular weight excluding hydrogens is 290 g/mol. The van der Waals surface area contributed by atoms with Gasteiger partial charge in [0.1, 0.15) is 0 Å². The number of halogens is 1. The molecule has 0 bridgehead atoms. The van der Waals surface area contributed by atoms with Gasteiger partial charge in [-0.2, -0.15) is 5.10 Å². The Hall–Kier alpha value is -0.840. The molecule has 1 atom stereocenters. The number of aromatic nitrogens is 2. The summed E-state index contributed by atoms with van der Waals surface area (Å²) in [6, 6.07) is 2.34. The van der Waals surface area contributed by atoms with E-state index in [1.807, 2.05) is 4.68 Å². The molecule has 1 N–H and O–H groups in total. The standard InChI is InChI=1S/C15H22ClN3S/c1-4-8-19-14(12(16)10-18-19)13(17-6-3)15-11(5-2)7-9-20-15/h7,9-10,13,17H,4-6,8H2,1-3H3. The molecule has 1 unspecified atom stereocenters. The van der Waals surface area contributed by atoms with Crippen molar-refractivity contribution in [2.75, 3.05) is 6.54 Å². The van der Waals surface area contributed by atoms with Crippen molar-refractivity contribution in [2.45, 2.75) is 46.2 Å². The number of nitrogens with zero attached hydrogens (tertiary/aromatic N) is 2. The van der Waals surface area contributed by atoms with E-state index >= 15 is 0 Å². The van der Waals surface area contributed by atoms with E-state index in [-0.39, 0.29) is 6.04 Å². The minimum atomic E-state index is 0.136. The van der Waals surface area contributed by atoms with Crippen LogP contribution >= 0.6 is 22.9 Å². The van der Waals surface area contributed by atoms with Crippen LogP contribution in [0.4, 0.5) is 0 Å². The largest absolute Gasteiger partial charge is 0.305 e. The van der Waals surface area contributed by atoms with E-state index in [9.17, 15) is 0 Å². The molecule has 0 aliphatic rings. The summed E-state index contributed by atoms with van der Waals surface area (Å²) in [5.74, 6) is 0. The van der Waals surface area contributed by atoms with Crippen LogP contribution in [0.25, 0.3) is 0 Å². The predicted octanol–water partition coefficient (Wildman–Crippen LogP) is 4.27. The van der Waals surface area contributed by atoms with E-state index in [1.54, 1.807) is 17.5 Å². The number of rotatable bonds is 7. The van der Waals surface area contributed by atoms with Gasteiger partial charge in [0.05, 0.1) is 23.0 Å². The first-order valence-corrected chi connectivity index (χ1v) is 8.49. The first kappa shape index (κ1) is 15.5. The smallest absolute Gasteiger partial charge is 0.0859 e. The van der Waals surface area contributed by atoms with Crippen molar-refractivity contribution in [2.24, 2.45) is 0 Å². The third-order valence-corrected chi connectivity index (χ3v) is 4.69. The van der Waals surface area contributed by atoms with Crippen LogP contribution in [-0.4, -0.2) is 16.3 Å². The van der Waals surface area contributed by atoms with Gasteiger partial charge in [0.2, 0.25) is 0 Å². The van der Waals surface area contributed by atoms with Crippen LogP contribution < -0.4 is 5.32 Å². The Labute approximate surface area is 130 Å². The molecule has 0 fully saturated rings. The molecule has 0 spiro atoms. The fourth-order valence-corrected chi connectivity index (χ4v) is 3.78. The normalized spacial score (nSPS) is 12.8. The lowest BCUT2D eigenvalue weighted by molar-refractivity contribution is 0.523. The molecule has 0 radical (unpaired) electrons. The second-order valence-electron chi connectivity index (χ2n) is 4.76. The summed E-state index contributed by atoms with van der Waals surface area (Å²) in [5, 5.41) is 10.9. The molecular formula is C15H22ClN3S. The second kappa shape index (κ2) is 7.25. The summed E-state index contributed by atoms with van der Waals surface area (Å²) < 4.78 is 2.04. The molecule has 0 aliphatic carbocycles. The zero-order chi connectivity index (χ0) is 14.5. The molecule has 2 aromatic heterocycles. The minimum Gasteiger partial charge on any atom is -0.305 e. The van der Waals surface area contributed by atoms with Gasteiger partial charge in [0.25, 0.3) is 0 Å².